The summed E-state index contributed by atoms with van der Waals surface area (Å²) in [6.07, 6.45) is 8.84. The van der Waals surface area contributed by atoms with Gasteiger partial charge in [-0.2, -0.15) is 0 Å². The number of carbonyl (C=O) groups is 2. The van der Waals surface area contributed by atoms with Crippen LogP contribution >= 0.6 is 0 Å². The summed E-state index contributed by atoms with van der Waals surface area (Å²) in [6, 6.07) is 6.45. The van der Waals surface area contributed by atoms with Gasteiger partial charge >= 0.3 is 0 Å². The van der Waals surface area contributed by atoms with Crippen molar-refractivity contribution in [3.8, 4) is 5.75 Å². The van der Waals surface area contributed by atoms with E-state index in [0.29, 0.717) is 31.2 Å². The molecule has 162 valence electrons. The summed E-state index contributed by atoms with van der Waals surface area (Å²) in [6.45, 7) is 3.75. The maximum absolute atomic E-state index is 12.7. The minimum atomic E-state index is 0.00504. The summed E-state index contributed by atoms with van der Waals surface area (Å²) in [4.78, 5) is 29.4. The molecule has 1 saturated carbocycles. The van der Waals surface area contributed by atoms with Gasteiger partial charge in [-0.15, -0.1) is 0 Å². The van der Waals surface area contributed by atoms with Crippen molar-refractivity contribution >= 4 is 11.8 Å². The Kier molecular flexibility index (Phi) is 5.34. The van der Waals surface area contributed by atoms with Crippen LogP contribution in [0, 0.1) is 11.3 Å². The van der Waals surface area contributed by atoms with Crippen LogP contribution < -0.4 is 4.74 Å². The van der Waals surface area contributed by atoms with Gasteiger partial charge in [0.1, 0.15) is 5.75 Å². The van der Waals surface area contributed by atoms with Crippen molar-refractivity contribution < 1.29 is 14.3 Å². The van der Waals surface area contributed by atoms with Crippen LogP contribution in [-0.2, 0) is 16.0 Å². The van der Waals surface area contributed by atoms with Gasteiger partial charge in [-0.25, -0.2) is 0 Å². The highest BCUT2D eigenvalue weighted by Crippen LogP contribution is 2.48. The lowest BCUT2D eigenvalue weighted by atomic mass is 9.76. The zero-order valence-electron chi connectivity index (χ0n) is 18.2. The first-order valence-electron chi connectivity index (χ1n) is 11.8. The number of hydrogen-bond donors (Lipinski definition) is 0. The molecule has 4 aliphatic rings. The zero-order chi connectivity index (χ0) is 20.7. The average molecular weight is 411 g/mol. The van der Waals surface area contributed by atoms with Gasteiger partial charge in [0.05, 0.1) is 7.11 Å². The summed E-state index contributed by atoms with van der Waals surface area (Å²) < 4.78 is 5.64. The third kappa shape index (κ3) is 3.55. The maximum Gasteiger partial charge on any atom is 0.229 e. The number of imide groups is 1. The molecule has 1 aromatic rings. The Morgan fingerprint density at radius 2 is 1.87 bits per heavy atom. The van der Waals surface area contributed by atoms with Crippen molar-refractivity contribution in [2.45, 2.75) is 63.7 Å². The quantitative estimate of drug-likeness (QED) is 0.694. The average Bonchev–Trinajstić information content (AvgIpc) is 3.33. The standard InChI is InChI=1S/C25H34N2O3/c1-30-21-7-4-6-18-14-19-17-26(13-8-20(19)24(18)21)11-5-12-27-22(28)15-25(16-23(27)29)9-2-3-10-25/h4,6-7,19-20H,2-3,5,8-17H2,1H3/t19-,20+/m0/s1. The fourth-order valence-corrected chi connectivity index (χ4v) is 6.76. The normalized spacial score (nSPS) is 28.1. The maximum atomic E-state index is 12.7. The number of carbonyl (C=O) groups excluding carboxylic acids is 2. The Labute approximate surface area is 179 Å². The van der Waals surface area contributed by atoms with E-state index in [1.54, 1.807) is 12.0 Å². The monoisotopic (exact) mass is 410 g/mol. The van der Waals surface area contributed by atoms with Gasteiger partial charge in [-0.05, 0) is 74.1 Å². The third-order valence-electron chi connectivity index (χ3n) is 8.22. The highest BCUT2D eigenvalue weighted by atomic mass is 16.5. The summed E-state index contributed by atoms with van der Waals surface area (Å²) in [5, 5.41) is 0. The summed E-state index contributed by atoms with van der Waals surface area (Å²) in [5.74, 6) is 2.47. The van der Waals surface area contributed by atoms with Crippen molar-refractivity contribution in [3.05, 3.63) is 29.3 Å². The third-order valence-corrected chi connectivity index (χ3v) is 8.22. The number of amides is 2. The minimum Gasteiger partial charge on any atom is -0.496 e. The fourth-order valence-electron chi connectivity index (χ4n) is 6.76. The van der Waals surface area contributed by atoms with Crippen LogP contribution in [0.4, 0.5) is 0 Å². The molecule has 5 rings (SSSR count). The SMILES string of the molecule is COc1cccc2c1[C@@H]1CCN(CCCN3C(=O)CC4(CCCC4)CC3=O)C[C@@H]1C2. The smallest absolute Gasteiger partial charge is 0.229 e. The Morgan fingerprint density at radius 1 is 1.10 bits per heavy atom. The van der Waals surface area contributed by atoms with Crippen LogP contribution in [-0.4, -0.2) is 54.9 Å². The van der Waals surface area contributed by atoms with E-state index < -0.39 is 0 Å². The van der Waals surface area contributed by atoms with E-state index in [-0.39, 0.29) is 17.2 Å². The van der Waals surface area contributed by atoms with Crippen LogP contribution in [0.2, 0.25) is 0 Å². The van der Waals surface area contributed by atoms with E-state index in [1.807, 2.05) is 0 Å². The lowest BCUT2D eigenvalue weighted by molar-refractivity contribution is -0.153. The molecule has 2 heterocycles. The van der Waals surface area contributed by atoms with Crippen LogP contribution in [0.1, 0.15) is 68.4 Å². The summed E-state index contributed by atoms with van der Waals surface area (Å²) in [5.41, 5.74) is 2.90. The van der Waals surface area contributed by atoms with Crippen LogP contribution in [0.25, 0.3) is 0 Å². The zero-order valence-corrected chi connectivity index (χ0v) is 18.2. The molecule has 0 aromatic heterocycles. The molecular weight excluding hydrogens is 376 g/mol. The second-order valence-corrected chi connectivity index (χ2v) is 10.0. The van der Waals surface area contributed by atoms with Crippen molar-refractivity contribution in [2.24, 2.45) is 11.3 Å². The number of benzene rings is 1. The first-order valence-corrected chi connectivity index (χ1v) is 11.8. The fraction of sp³-hybridized carbons (Fsp3) is 0.680. The molecule has 2 aliphatic carbocycles. The van der Waals surface area contributed by atoms with Gasteiger partial charge in [0.25, 0.3) is 0 Å². The molecule has 1 spiro atoms. The number of likely N-dealkylation sites (tertiary alicyclic amines) is 2. The second-order valence-electron chi connectivity index (χ2n) is 10.0. The number of rotatable bonds is 5. The van der Waals surface area contributed by atoms with Gasteiger partial charge < -0.3 is 9.64 Å². The van der Waals surface area contributed by atoms with Crippen molar-refractivity contribution in [2.75, 3.05) is 33.3 Å². The molecule has 2 amide bonds. The minimum absolute atomic E-state index is 0.00504. The van der Waals surface area contributed by atoms with E-state index in [2.05, 4.69) is 23.1 Å². The molecule has 5 nitrogen and oxygen atoms in total. The van der Waals surface area contributed by atoms with E-state index in [0.717, 1.165) is 51.1 Å². The van der Waals surface area contributed by atoms with Gasteiger partial charge in [-0.1, -0.05) is 25.0 Å². The van der Waals surface area contributed by atoms with Gasteiger partial charge in [0.2, 0.25) is 11.8 Å². The molecule has 0 bridgehead atoms. The molecule has 5 heteroatoms. The Hall–Kier alpha value is -1.88. The van der Waals surface area contributed by atoms with Crippen LogP contribution in [0.15, 0.2) is 18.2 Å². The highest BCUT2D eigenvalue weighted by molar-refractivity contribution is 5.98. The molecular formula is C25H34N2O3. The van der Waals surface area contributed by atoms with E-state index in [1.165, 1.54) is 30.4 Å². The van der Waals surface area contributed by atoms with Crippen molar-refractivity contribution in [3.63, 3.8) is 0 Å². The molecule has 0 N–H and O–H groups in total. The first-order chi connectivity index (χ1) is 14.6. The van der Waals surface area contributed by atoms with Crippen molar-refractivity contribution in [1.82, 2.24) is 9.80 Å². The molecule has 1 aromatic carbocycles. The predicted molar refractivity (Wildman–Crippen MR) is 115 cm³/mol. The molecule has 30 heavy (non-hydrogen) atoms. The molecule has 2 aliphatic heterocycles. The number of piperidine rings is 2. The number of fused-ring (bicyclic) bond motifs is 3. The highest BCUT2D eigenvalue weighted by Gasteiger charge is 2.45. The van der Waals surface area contributed by atoms with E-state index in [4.69, 9.17) is 4.74 Å². The second kappa shape index (κ2) is 7.99. The number of ether oxygens (including phenoxy) is 1. The van der Waals surface area contributed by atoms with Gasteiger partial charge in [0, 0.05) is 31.5 Å². The van der Waals surface area contributed by atoms with Crippen molar-refractivity contribution in [1.29, 1.82) is 0 Å². The summed E-state index contributed by atoms with van der Waals surface area (Å²) in [7, 11) is 1.77. The van der Waals surface area contributed by atoms with Gasteiger partial charge in [0.15, 0.2) is 0 Å². The Bertz CT molecular complexity index is 810. The largest absolute Gasteiger partial charge is 0.496 e. The number of hydrogen-bond acceptors (Lipinski definition) is 4. The Morgan fingerprint density at radius 3 is 2.60 bits per heavy atom. The number of nitrogens with zero attached hydrogens (tertiary/aromatic N) is 2. The topological polar surface area (TPSA) is 49.9 Å². The lowest BCUT2D eigenvalue weighted by Crippen LogP contribution is -2.48. The molecule has 0 radical (unpaired) electrons. The van der Waals surface area contributed by atoms with E-state index >= 15 is 0 Å². The lowest BCUT2D eigenvalue weighted by Gasteiger charge is -2.38. The first kappa shape index (κ1) is 20.0. The van der Waals surface area contributed by atoms with Gasteiger partial charge in [-0.3, -0.25) is 14.5 Å². The van der Waals surface area contributed by atoms with Crippen LogP contribution in [0.5, 0.6) is 5.75 Å². The molecule has 2 saturated heterocycles. The molecule has 0 unspecified atom stereocenters. The summed E-state index contributed by atoms with van der Waals surface area (Å²) >= 11 is 0. The molecule has 2 atom stereocenters. The number of methoxy groups -OCH3 is 1. The van der Waals surface area contributed by atoms with Crippen LogP contribution in [0.3, 0.4) is 0 Å². The predicted octanol–water partition coefficient (Wildman–Crippen LogP) is 3.76. The van der Waals surface area contributed by atoms with E-state index in [9.17, 15) is 9.59 Å². The molecule has 3 fully saturated rings. The Balaban J connectivity index is 1.13.